The zero-order valence-electron chi connectivity index (χ0n) is 12.5. The van der Waals surface area contributed by atoms with E-state index in [0.717, 1.165) is 5.56 Å². The summed E-state index contributed by atoms with van der Waals surface area (Å²) in [6.07, 6.45) is 2.90. The van der Waals surface area contributed by atoms with Gasteiger partial charge < -0.3 is 9.64 Å². The lowest BCUT2D eigenvalue weighted by Crippen LogP contribution is -2.24. The minimum absolute atomic E-state index is 0.0381. The number of carbonyl (C=O) groups is 1. The van der Waals surface area contributed by atoms with Crippen LogP contribution in [0, 0.1) is 11.6 Å². The van der Waals surface area contributed by atoms with Gasteiger partial charge in [-0.15, -0.1) is 0 Å². The van der Waals surface area contributed by atoms with Crippen molar-refractivity contribution in [2.75, 3.05) is 6.61 Å². The molecule has 1 aliphatic heterocycles. The molecule has 0 fully saturated rings. The van der Waals surface area contributed by atoms with E-state index < -0.39 is 17.6 Å². The van der Waals surface area contributed by atoms with Gasteiger partial charge in [-0.3, -0.25) is 0 Å². The molecule has 24 heavy (non-hydrogen) atoms. The number of hydrogen-bond acceptors (Lipinski definition) is 4. The van der Waals surface area contributed by atoms with Crippen LogP contribution in [0.4, 0.5) is 8.78 Å². The number of cyclic esters (lactones) is 1. The number of aromatic nitrogens is 1. The first-order valence-electron chi connectivity index (χ1n) is 7.18. The summed E-state index contributed by atoms with van der Waals surface area (Å²) < 4.78 is 32.8. The Balaban J connectivity index is 1.89. The Labute approximate surface area is 142 Å². The van der Waals surface area contributed by atoms with E-state index >= 15 is 0 Å². The van der Waals surface area contributed by atoms with E-state index in [-0.39, 0.29) is 18.7 Å². The molecule has 0 unspecified atom stereocenters. The van der Waals surface area contributed by atoms with Crippen LogP contribution in [0.3, 0.4) is 0 Å². The quantitative estimate of drug-likeness (QED) is 0.612. The third-order valence-corrected chi connectivity index (χ3v) is 3.85. The molecule has 0 saturated carbocycles. The lowest BCUT2D eigenvalue weighted by molar-refractivity contribution is -0.135. The molecule has 1 aromatic heterocycles. The van der Waals surface area contributed by atoms with Gasteiger partial charge in [0.2, 0.25) is 0 Å². The van der Waals surface area contributed by atoms with Crippen molar-refractivity contribution < 1.29 is 18.3 Å². The second kappa shape index (κ2) is 6.97. The van der Waals surface area contributed by atoms with Gasteiger partial charge in [-0.25, -0.2) is 18.6 Å². The van der Waals surface area contributed by atoms with Crippen molar-refractivity contribution in [2.45, 2.75) is 13.1 Å². The summed E-state index contributed by atoms with van der Waals surface area (Å²) in [4.78, 5) is 17.0. The third-order valence-electron chi connectivity index (χ3n) is 3.63. The van der Waals surface area contributed by atoms with Crippen molar-refractivity contribution in [1.82, 2.24) is 9.88 Å². The molecule has 124 valence electrons. The average Bonchev–Trinajstić information content (AvgIpc) is 2.98. The third kappa shape index (κ3) is 3.71. The summed E-state index contributed by atoms with van der Waals surface area (Å²) in [7, 11) is 0. The Morgan fingerprint density at radius 3 is 2.50 bits per heavy atom. The molecule has 4 nitrogen and oxygen atoms in total. The maximum atomic E-state index is 14.0. The highest BCUT2D eigenvalue weighted by atomic mass is 35.5. The van der Waals surface area contributed by atoms with Gasteiger partial charge in [-0.1, -0.05) is 23.7 Å². The number of hydrogen-bond donors (Lipinski definition) is 0. The predicted molar refractivity (Wildman–Crippen MR) is 83.9 cm³/mol. The number of carbonyl (C=O) groups excluding carboxylic acids is 1. The number of benzene rings is 1. The second-order valence-corrected chi connectivity index (χ2v) is 5.68. The van der Waals surface area contributed by atoms with E-state index in [1.165, 1.54) is 24.3 Å². The first kappa shape index (κ1) is 16.4. The molecule has 0 spiro atoms. The van der Waals surface area contributed by atoms with Crippen molar-refractivity contribution in [3.8, 4) is 0 Å². The van der Waals surface area contributed by atoms with Crippen molar-refractivity contribution in [3.63, 3.8) is 0 Å². The Bertz CT molecular complexity index is 773. The summed E-state index contributed by atoms with van der Waals surface area (Å²) in [5.41, 5.74) is 1.27. The largest absolute Gasteiger partial charge is 0.456 e. The monoisotopic (exact) mass is 350 g/mol. The van der Waals surface area contributed by atoms with E-state index in [1.807, 2.05) is 0 Å². The van der Waals surface area contributed by atoms with E-state index in [9.17, 15) is 13.6 Å². The van der Waals surface area contributed by atoms with Crippen LogP contribution in [0.25, 0.3) is 0 Å². The maximum absolute atomic E-state index is 14.0. The summed E-state index contributed by atoms with van der Waals surface area (Å²) in [5.74, 6) is -1.75. The van der Waals surface area contributed by atoms with Gasteiger partial charge in [0.25, 0.3) is 0 Å². The Hall–Kier alpha value is -2.47. The fourth-order valence-corrected chi connectivity index (χ4v) is 2.51. The van der Waals surface area contributed by atoms with Crippen LogP contribution in [0.15, 0.2) is 48.3 Å². The summed E-state index contributed by atoms with van der Waals surface area (Å²) in [6, 6.07) is 7.10. The molecule has 7 heteroatoms. The van der Waals surface area contributed by atoms with Crippen LogP contribution >= 0.6 is 11.6 Å². The molecule has 0 atom stereocenters. The fourth-order valence-electron chi connectivity index (χ4n) is 2.40. The van der Waals surface area contributed by atoms with Crippen molar-refractivity contribution in [3.05, 3.63) is 76.2 Å². The number of ether oxygens (including phenoxy) is 1. The topological polar surface area (TPSA) is 42.4 Å². The van der Waals surface area contributed by atoms with Crippen LogP contribution in [-0.4, -0.2) is 22.5 Å². The molecule has 3 rings (SSSR count). The first-order valence-corrected chi connectivity index (χ1v) is 7.56. The molecular formula is C17H13ClF2N2O2. The lowest BCUT2D eigenvalue weighted by atomic mass is 10.1. The predicted octanol–water partition coefficient (Wildman–Crippen LogP) is 3.46. The molecule has 0 amide bonds. The van der Waals surface area contributed by atoms with Gasteiger partial charge in [0.05, 0.1) is 5.70 Å². The van der Waals surface area contributed by atoms with Crippen LogP contribution in [0.2, 0.25) is 5.15 Å². The number of nitrogens with zero attached hydrogens (tertiary/aromatic N) is 2. The van der Waals surface area contributed by atoms with Crippen LogP contribution < -0.4 is 0 Å². The summed E-state index contributed by atoms with van der Waals surface area (Å²) in [6.45, 7) is 0.333. The number of rotatable bonds is 5. The zero-order valence-corrected chi connectivity index (χ0v) is 13.3. The highest BCUT2D eigenvalue weighted by Crippen LogP contribution is 2.22. The van der Waals surface area contributed by atoms with Crippen LogP contribution in [0.5, 0.6) is 0 Å². The average molecular weight is 351 g/mol. The van der Waals surface area contributed by atoms with Crippen LogP contribution in [-0.2, 0) is 22.6 Å². The number of halogens is 3. The van der Waals surface area contributed by atoms with Gasteiger partial charge in [-0.2, -0.15) is 0 Å². The molecule has 1 aliphatic rings. The molecule has 2 aromatic rings. The van der Waals surface area contributed by atoms with Crippen molar-refractivity contribution in [2.24, 2.45) is 0 Å². The number of pyridine rings is 1. The maximum Gasteiger partial charge on any atom is 0.333 e. The van der Waals surface area contributed by atoms with Gasteiger partial charge in [0.1, 0.15) is 23.4 Å². The Morgan fingerprint density at radius 1 is 1.17 bits per heavy atom. The molecule has 0 radical (unpaired) electrons. The Kier molecular flexibility index (Phi) is 4.76. The standard InChI is InChI=1S/C17H13ClF2N2O2/c18-16-5-4-11(7-21-16)8-22(12-6-17(23)24-10-12)9-13-14(19)2-1-3-15(13)20/h1-7H,8-10H2. The first-order chi connectivity index (χ1) is 11.5. The normalized spacial score (nSPS) is 13.6. The second-order valence-electron chi connectivity index (χ2n) is 5.29. The summed E-state index contributed by atoms with van der Waals surface area (Å²) in [5, 5.41) is 0.351. The van der Waals surface area contributed by atoms with E-state index in [1.54, 1.807) is 23.2 Å². The minimum Gasteiger partial charge on any atom is -0.456 e. The van der Waals surface area contributed by atoms with Crippen molar-refractivity contribution in [1.29, 1.82) is 0 Å². The highest BCUT2D eigenvalue weighted by Gasteiger charge is 2.22. The number of esters is 1. The lowest BCUT2D eigenvalue weighted by Gasteiger charge is -2.25. The fraction of sp³-hybridized carbons (Fsp3) is 0.176. The van der Waals surface area contributed by atoms with Gasteiger partial charge >= 0.3 is 5.97 Å². The molecule has 0 saturated heterocycles. The minimum atomic E-state index is -0.639. The molecule has 1 aromatic carbocycles. The highest BCUT2D eigenvalue weighted by molar-refractivity contribution is 6.29. The molecule has 2 heterocycles. The van der Waals surface area contributed by atoms with Gasteiger partial charge in [-0.05, 0) is 23.8 Å². The molecule has 0 aliphatic carbocycles. The van der Waals surface area contributed by atoms with Gasteiger partial charge in [0, 0.05) is 30.9 Å². The molecular weight excluding hydrogens is 338 g/mol. The Morgan fingerprint density at radius 2 is 1.92 bits per heavy atom. The van der Waals surface area contributed by atoms with E-state index in [0.29, 0.717) is 17.4 Å². The van der Waals surface area contributed by atoms with E-state index in [4.69, 9.17) is 16.3 Å². The smallest absolute Gasteiger partial charge is 0.333 e. The van der Waals surface area contributed by atoms with Crippen LogP contribution in [0.1, 0.15) is 11.1 Å². The molecule has 0 N–H and O–H groups in total. The SMILES string of the molecule is O=C1C=C(N(Cc2ccc(Cl)nc2)Cc2c(F)cccc2F)CO1. The van der Waals surface area contributed by atoms with E-state index in [2.05, 4.69) is 4.98 Å². The van der Waals surface area contributed by atoms with Gasteiger partial charge in [0.15, 0.2) is 0 Å². The molecule has 0 bridgehead atoms. The summed E-state index contributed by atoms with van der Waals surface area (Å²) >= 11 is 5.77. The zero-order chi connectivity index (χ0) is 17.1. The van der Waals surface area contributed by atoms with Crippen molar-refractivity contribution >= 4 is 17.6 Å².